The summed E-state index contributed by atoms with van der Waals surface area (Å²) in [5.74, 6) is 1.28. The first-order chi connectivity index (χ1) is 16.1. The van der Waals surface area contributed by atoms with Crippen molar-refractivity contribution in [1.29, 1.82) is 0 Å². The van der Waals surface area contributed by atoms with Gasteiger partial charge in [-0.2, -0.15) is 4.59 Å². The lowest BCUT2D eigenvalue weighted by Gasteiger charge is -2.49. The van der Waals surface area contributed by atoms with E-state index < -0.39 is 0 Å². The average molecular weight is 457 g/mol. The van der Waals surface area contributed by atoms with Crippen LogP contribution in [0.25, 0.3) is 0 Å². The predicted molar refractivity (Wildman–Crippen MR) is 125 cm³/mol. The normalized spacial score (nSPS) is 27.7. The molecule has 1 aromatic rings. The highest BCUT2D eigenvalue weighted by Crippen LogP contribution is 2.36. The molecular formula is C26H38N3O4+. The van der Waals surface area contributed by atoms with E-state index in [1.54, 1.807) is 18.2 Å². The van der Waals surface area contributed by atoms with Gasteiger partial charge in [-0.15, -0.1) is 5.01 Å². The number of benzene rings is 1. The summed E-state index contributed by atoms with van der Waals surface area (Å²) in [6.07, 6.45) is 6.82. The summed E-state index contributed by atoms with van der Waals surface area (Å²) in [6.45, 7) is 7.46. The number of carbonyl (C=O) groups is 3. The molecule has 0 spiro atoms. The number of ether oxygens (including phenoxy) is 1. The van der Waals surface area contributed by atoms with Crippen LogP contribution in [0.2, 0.25) is 0 Å². The third-order valence-corrected chi connectivity index (χ3v) is 8.07. The van der Waals surface area contributed by atoms with Crippen molar-refractivity contribution in [3.63, 3.8) is 0 Å². The Kier molecular flexibility index (Phi) is 7.94. The van der Waals surface area contributed by atoms with Gasteiger partial charge >= 0.3 is 11.9 Å². The summed E-state index contributed by atoms with van der Waals surface area (Å²) >= 11 is 0. The van der Waals surface area contributed by atoms with Gasteiger partial charge in [0.2, 0.25) is 0 Å². The van der Waals surface area contributed by atoms with Crippen molar-refractivity contribution in [1.82, 2.24) is 10.3 Å². The van der Waals surface area contributed by atoms with Gasteiger partial charge in [-0.1, -0.05) is 12.1 Å². The Morgan fingerprint density at radius 2 is 1.73 bits per heavy atom. The van der Waals surface area contributed by atoms with Gasteiger partial charge < -0.3 is 10.1 Å². The van der Waals surface area contributed by atoms with Crippen LogP contribution < -0.4 is 5.32 Å². The predicted octanol–water partition coefficient (Wildman–Crippen LogP) is 3.06. The first-order valence-corrected chi connectivity index (χ1v) is 12.7. The van der Waals surface area contributed by atoms with Crippen LogP contribution in [0.1, 0.15) is 66.2 Å². The van der Waals surface area contributed by atoms with Crippen LogP contribution in [0.3, 0.4) is 0 Å². The fourth-order valence-electron chi connectivity index (χ4n) is 6.15. The van der Waals surface area contributed by atoms with E-state index >= 15 is 0 Å². The van der Waals surface area contributed by atoms with E-state index in [9.17, 15) is 14.4 Å². The molecule has 4 rings (SSSR count). The highest BCUT2D eigenvalue weighted by Gasteiger charge is 2.49. The van der Waals surface area contributed by atoms with Crippen molar-refractivity contribution in [3.8, 4) is 0 Å². The zero-order chi connectivity index (χ0) is 23.3. The number of nitrogens with one attached hydrogen (secondary N) is 1. The third-order valence-electron chi connectivity index (χ3n) is 8.07. The average Bonchev–Trinajstić information content (AvgIpc) is 2.89. The Morgan fingerprint density at radius 1 is 1.06 bits per heavy atom. The van der Waals surface area contributed by atoms with Crippen molar-refractivity contribution in [2.24, 2.45) is 17.8 Å². The lowest BCUT2D eigenvalue weighted by molar-refractivity contribution is -0.971. The number of carbonyl (C=O) groups excluding carboxylic acids is 3. The molecule has 1 N–H and O–H groups in total. The minimum absolute atomic E-state index is 0.0429. The van der Waals surface area contributed by atoms with Gasteiger partial charge in [0.15, 0.2) is 0 Å². The molecule has 1 aromatic carbocycles. The van der Waals surface area contributed by atoms with Crippen molar-refractivity contribution in [2.75, 3.05) is 45.9 Å². The van der Waals surface area contributed by atoms with Crippen LogP contribution in [0.5, 0.6) is 0 Å². The van der Waals surface area contributed by atoms with Crippen LogP contribution in [0.15, 0.2) is 24.3 Å². The van der Waals surface area contributed by atoms with E-state index in [1.807, 2.05) is 13.0 Å². The van der Waals surface area contributed by atoms with Crippen LogP contribution in [0.4, 0.5) is 0 Å². The summed E-state index contributed by atoms with van der Waals surface area (Å²) in [5.41, 5.74) is 1.10. The number of esters is 1. The summed E-state index contributed by atoms with van der Waals surface area (Å²) in [4.78, 5) is 37.6. The minimum Gasteiger partial charge on any atom is -0.466 e. The van der Waals surface area contributed by atoms with Crippen molar-refractivity contribution < 1.29 is 23.7 Å². The monoisotopic (exact) mass is 456 g/mol. The maximum absolute atomic E-state index is 14.0. The SMILES string of the molecule is CCOC(=O)C1CC[N+](C(=O)c2cccc(C=O)c2)(N2CCC(C3CCNCC3)CC2)CC1. The lowest BCUT2D eigenvalue weighted by Crippen LogP contribution is -2.68. The number of likely N-dealkylation sites (tertiary alicyclic amines) is 1. The molecule has 33 heavy (non-hydrogen) atoms. The number of rotatable bonds is 6. The largest absolute Gasteiger partial charge is 0.466 e. The summed E-state index contributed by atoms with van der Waals surface area (Å²) in [7, 11) is 0. The van der Waals surface area contributed by atoms with Gasteiger partial charge in [0.25, 0.3) is 0 Å². The molecule has 3 aliphatic heterocycles. The Hall–Kier alpha value is -2.09. The van der Waals surface area contributed by atoms with Crippen molar-refractivity contribution >= 4 is 18.2 Å². The zero-order valence-corrected chi connectivity index (χ0v) is 19.8. The lowest BCUT2D eigenvalue weighted by atomic mass is 9.79. The molecule has 0 saturated carbocycles. The number of nitrogens with zero attached hydrogens (tertiary/aromatic N) is 2. The molecule has 1 amide bonds. The quantitative estimate of drug-likeness (QED) is 0.403. The van der Waals surface area contributed by atoms with E-state index in [-0.39, 0.29) is 22.4 Å². The molecule has 0 atom stereocenters. The molecule has 3 heterocycles. The van der Waals surface area contributed by atoms with Crippen molar-refractivity contribution in [3.05, 3.63) is 35.4 Å². The maximum atomic E-state index is 14.0. The topological polar surface area (TPSA) is 75.7 Å². The number of hydrogen-bond donors (Lipinski definition) is 1. The fourth-order valence-corrected chi connectivity index (χ4v) is 6.15. The van der Waals surface area contributed by atoms with E-state index in [1.165, 1.54) is 12.8 Å². The number of hydrogen-bond acceptors (Lipinski definition) is 6. The van der Waals surface area contributed by atoms with Crippen LogP contribution in [0, 0.1) is 17.8 Å². The summed E-state index contributed by atoms with van der Waals surface area (Å²) in [5, 5.41) is 5.82. The maximum Gasteiger partial charge on any atom is 0.365 e. The summed E-state index contributed by atoms with van der Waals surface area (Å²) < 4.78 is 5.52. The van der Waals surface area contributed by atoms with Gasteiger partial charge in [-0.3, -0.25) is 9.59 Å². The molecule has 0 unspecified atom stereocenters. The van der Waals surface area contributed by atoms with E-state index in [0.29, 0.717) is 43.7 Å². The van der Waals surface area contributed by atoms with Crippen LogP contribution in [-0.2, 0) is 9.53 Å². The highest BCUT2D eigenvalue weighted by atomic mass is 16.5. The fraction of sp³-hybridized carbons (Fsp3) is 0.654. The zero-order valence-electron chi connectivity index (χ0n) is 19.8. The summed E-state index contributed by atoms with van der Waals surface area (Å²) in [6, 6.07) is 7.02. The molecular weight excluding hydrogens is 418 g/mol. The Morgan fingerprint density at radius 3 is 2.36 bits per heavy atom. The first kappa shape index (κ1) is 24.0. The Labute approximate surface area is 197 Å². The van der Waals surface area contributed by atoms with Crippen molar-refractivity contribution in [2.45, 2.75) is 45.4 Å². The van der Waals surface area contributed by atoms with Crippen LogP contribution in [-0.4, -0.2) is 73.6 Å². The molecule has 0 aliphatic carbocycles. The number of amides is 1. The first-order valence-electron chi connectivity index (χ1n) is 12.7. The van der Waals surface area contributed by atoms with Gasteiger partial charge in [0.1, 0.15) is 19.4 Å². The molecule has 0 bridgehead atoms. The molecule has 0 aromatic heterocycles. The van der Waals surface area contributed by atoms with Gasteiger partial charge in [0.05, 0.1) is 18.1 Å². The molecule has 3 aliphatic rings. The van der Waals surface area contributed by atoms with Gasteiger partial charge in [0, 0.05) is 31.5 Å². The minimum atomic E-state index is -0.143. The second-order valence-electron chi connectivity index (χ2n) is 9.82. The molecule has 0 radical (unpaired) electrons. The smallest absolute Gasteiger partial charge is 0.365 e. The van der Waals surface area contributed by atoms with E-state index in [0.717, 1.165) is 57.1 Å². The Balaban J connectivity index is 1.52. The Bertz CT molecular complexity index is 836. The standard InChI is InChI=1S/C26H38N3O4/c1-2-33-26(32)23-10-16-29(17-11-23,25(31)24-5-3-4-20(18-24)19-30)28-14-8-22(9-15-28)21-6-12-27-13-7-21/h3-5,18-19,21-23,27H,2,6-17H2,1H3/q+1. The molecule has 7 heteroatoms. The number of aldehydes is 1. The number of piperidine rings is 3. The van der Waals surface area contributed by atoms with Crippen LogP contribution >= 0.6 is 0 Å². The van der Waals surface area contributed by atoms with E-state index in [2.05, 4.69) is 10.3 Å². The third kappa shape index (κ3) is 5.20. The second-order valence-corrected chi connectivity index (χ2v) is 9.82. The highest BCUT2D eigenvalue weighted by molar-refractivity contribution is 5.91. The number of quaternary nitrogens is 1. The van der Waals surface area contributed by atoms with Gasteiger partial charge in [-0.05, 0) is 69.7 Å². The van der Waals surface area contributed by atoms with E-state index in [4.69, 9.17) is 4.74 Å². The second kappa shape index (κ2) is 10.9. The van der Waals surface area contributed by atoms with Gasteiger partial charge in [-0.25, -0.2) is 4.79 Å². The molecule has 3 fully saturated rings. The molecule has 7 nitrogen and oxygen atoms in total. The molecule has 3 saturated heterocycles. The molecule has 180 valence electrons.